The minimum absolute atomic E-state index is 0.0890. The first-order valence-corrected chi connectivity index (χ1v) is 5.42. The minimum atomic E-state index is -0.263. The van der Waals surface area contributed by atoms with Crippen LogP contribution in [0.1, 0.15) is 31.7 Å². The number of phenolic OH excluding ortho intramolecular Hbond substituents is 3. The van der Waals surface area contributed by atoms with E-state index < -0.39 is 0 Å². The molecule has 0 heterocycles. The molecule has 0 aliphatic rings. The van der Waals surface area contributed by atoms with E-state index in [4.69, 9.17) is 4.74 Å². The molecule has 4 nitrogen and oxygen atoms in total. The van der Waals surface area contributed by atoms with Gasteiger partial charge in [-0.05, 0) is 12.8 Å². The number of methoxy groups -OCH3 is 1. The van der Waals surface area contributed by atoms with Crippen LogP contribution in [0.4, 0.5) is 0 Å². The summed E-state index contributed by atoms with van der Waals surface area (Å²) in [6, 6.07) is 1.20. The van der Waals surface area contributed by atoms with E-state index in [0.717, 1.165) is 19.3 Å². The molecule has 0 spiro atoms. The zero-order chi connectivity index (χ0) is 12.1. The van der Waals surface area contributed by atoms with Gasteiger partial charge in [0, 0.05) is 11.6 Å². The van der Waals surface area contributed by atoms with Crippen molar-refractivity contribution in [3.8, 4) is 23.0 Å². The van der Waals surface area contributed by atoms with Gasteiger partial charge in [-0.15, -0.1) is 0 Å². The van der Waals surface area contributed by atoms with Gasteiger partial charge in [0.1, 0.15) is 0 Å². The maximum absolute atomic E-state index is 9.80. The molecule has 0 saturated heterocycles. The maximum atomic E-state index is 9.80. The van der Waals surface area contributed by atoms with Crippen LogP contribution in [0.25, 0.3) is 0 Å². The summed E-state index contributed by atoms with van der Waals surface area (Å²) in [5, 5.41) is 28.9. The zero-order valence-corrected chi connectivity index (χ0v) is 9.66. The fraction of sp³-hybridized carbons (Fsp3) is 0.500. The number of aromatic hydroxyl groups is 3. The van der Waals surface area contributed by atoms with Crippen molar-refractivity contribution in [1.29, 1.82) is 0 Å². The van der Waals surface area contributed by atoms with Gasteiger partial charge in [0.15, 0.2) is 23.0 Å². The van der Waals surface area contributed by atoms with Gasteiger partial charge in [0.2, 0.25) is 0 Å². The van der Waals surface area contributed by atoms with E-state index in [0.29, 0.717) is 12.0 Å². The molecular weight excluding hydrogens is 208 g/mol. The van der Waals surface area contributed by atoms with Crippen LogP contribution in [0.15, 0.2) is 6.07 Å². The molecule has 0 amide bonds. The predicted molar refractivity (Wildman–Crippen MR) is 61.2 cm³/mol. The highest BCUT2D eigenvalue weighted by atomic mass is 16.5. The Kier molecular flexibility index (Phi) is 4.28. The summed E-state index contributed by atoms with van der Waals surface area (Å²) in [5.74, 6) is -0.425. The lowest BCUT2D eigenvalue weighted by molar-refractivity contribution is 0.350. The standard InChI is InChI=1S/C12H18O4/c1-3-4-5-6-8-11(14)9(13)7-10(16-2)12(8)15/h7,13-15H,3-6H2,1-2H3. The quantitative estimate of drug-likeness (QED) is 0.410. The van der Waals surface area contributed by atoms with Crippen LogP contribution < -0.4 is 4.74 Å². The molecule has 0 unspecified atom stereocenters. The third-order valence-corrected chi connectivity index (χ3v) is 2.57. The highest BCUT2D eigenvalue weighted by molar-refractivity contribution is 5.59. The molecule has 3 N–H and O–H groups in total. The second-order valence-corrected chi connectivity index (χ2v) is 3.73. The van der Waals surface area contributed by atoms with Crippen LogP contribution in [0.3, 0.4) is 0 Å². The summed E-state index contributed by atoms with van der Waals surface area (Å²) in [6.07, 6.45) is 3.44. The fourth-order valence-electron chi connectivity index (χ4n) is 1.62. The second kappa shape index (κ2) is 5.49. The molecule has 4 heteroatoms. The van der Waals surface area contributed by atoms with Gasteiger partial charge >= 0.3 is 0 Å². The van der Waals surface area contributed by atoms with E-state index in [9.17, 15) is 15.3 Å². The first kappa shape index (κ1) is 12.5. The monoisotopic (exact) mass is 226 g/mol. The molecule has 0 radical (unpaired) electrons. The van der Waals surface area contributed by atoms with Crippen molar-refractivity contribution in [3.05, 3.63) is 11.6 Å². The van der Waals surface area contributed by atoms with Crippen LogP contribution in [0, 0.1) is 0 Å². The predicted octanol–water partition coefficient (Wildman–Crippen LogP) is 2.54. The number of hydrogen-bond donors (Lipinski definition) is 3. The molecule has 0 saturated carbocycles. The summed E-state index contributed by atoms with van der Waals surface area (Å²) in [7, 11) is 1.40. The zero-order valence-electron chi connectivity index (χ0n) is 9.66. The van der Waals surface area contributed by atoms with E-state index in [1.165, 1.54) is 13.2 Å². The maximum Gasteiger partial charge on any atom is 0.164 e. The van der Waals surface area contributed by atoms with Crippen molar-refractivity contribution < 1.29 is 20.1 Å². The van der Waals surface area contributed by atoms with E-state index in [1.54, 1.807) is 0 Å². The SMILES string of the molecule is CCCCCc1c(O)c(O)cc(OC)c1O. The Morgan fingerprint density at radius 2 is 1.81 bits per heavy atom. The Labute approximate surface area is 95.1 Å². The molecule has 0 bridgehead atoms. The van der Waals surface area contributed by atoms with Crippen LogP contribution in [-0.4, -0.2) is 22.4 Å². The highest BCUT2D eigenvalue weighted by Crippen LogP contribution is 2.43. The van der Waals surface area contributed by atoms with Crippen LogP contribution in [0.5, 0.6) is 23.0 Å². The molecule has 16 heavy (non-hydrogen) atoms. The molecule has 0 aliphatic heterocycles. The van der Waals surface area contributed by atoms with Gasteiger partial charge in [-0.3, -0.25) is 0 Å². The molecule has 0 aliphatic carbocycles. The van der Waals surface area contributed by atoms with Crippen molar-refractivity contribution in [2.24, 2.45) is 0 Å². The number of ether oxygens (including phenoxy) is 1. The van der Waals surface area contributed by atoms with E-state index in [2.05, 4.69) is 6.92 Å². The summed E-state index contributed by atoms with van der Waals surface area (Å²) in [5.41, 5.74) is 0.352. The molecular formula is C12H18O4. The van der Waals surface area contributed by atoms with E-state index in [1.807, 2.05) is 0 Å². The van der Waals surface area contributed by atoms with Gasteiger partial charge in [0.05, 0.1) is 7.11 Å². The molecule has 0 atom stereocenters. The average Bonchev–Trinajstić information content (AvgIpc) is 2.28. The molecule has 90 valence electrons. The van der Waals surface area contributed by atoms with Gasteiger partial charge in [-0.25, -0.2) is 0 Å². The van der Waals surface area contributed by atoms with Gasteiger partial charge < -0.3 is 20.1 Å². The third kappa shape index (κ3) is 2.51. The number of unbranched alkanes of at least 4 members (excludes halogenated alkanes) is 2. The first-order chi connectivity index (χ1) is 7.61. The van der Waals surface area contributed by atoms with Crippen molar-refractivity contribution in [2.75, 3.05) is 7.11 Å². The molecule has 1 rings (SSSR count). The number of hydrogen-bond acceptors (Lipinski definition) is 4. The highest BCUT2D eigenvalue weighted by Gasteiger charge is 2.16. The summed E-state index contributed by atoms with van der Waals surface area (Å²) >= 11 is 0. The molecule has 1 aromatic rings. The Morgan fingerprint density at radius 1 is 1.12 bits per heavy atom. The van der Waals surface area contributed by atoms with E-state index in [-0.39, 0.29) is 23.0 Å². The Bertz CT molecular complexity index is 361. The smallest absolute Gasteiger partial charge is 0.164 e. The largest absolute Gasteiger partial charge is 0.504 e. The molecule has 0 aromatic heterocycles. The van der Waals surface area contributed by atoms with Crippen molar-refractivity contribution in [3.63, 3.8) is 0 Å². The third-order valence-electron chi connectivity index (χ3n) is 2.57. The van der Waals surface area contributed by atoms with Crippen molar-refractivity contribution in [1.82, 2.24) is 0 Å². The summed E-state index contributed by atoms with van der Waals surface area (Å²) in [4.78, 5) is 0. The Hall–Kier alpha value is -1.58. The number of phenols is 3. The Morgan fingerprint density at radius 3 is 2.38 bits per heavy atom. The molecule has 0 fully saturated rings. The van der Waals surface area contributed by atoms with Crippen molar-refractivity contribution in [2.45, 2.75) is 32.6 Å². The summed E-state index contributed by atoms with van der Waals surface area (Å²) in [6.45, 7) is 2.07. The lowest BCUT2D eigenvalue weighted by atomic mass is 10.0. The fourth-order valence-corrected chi connectivity index (χ4v) is 1.62. The normalized spacial score (nSPS) is 10.4. The lowest BCUT2D eigenvalue weighted by Gasteiger charge is -2.12. The van der Waals surface area contributed by atoms with E-state index >= 15 is 0 Å². The molecule has 1 aromatic carbocycles. The van der Waals surface area contributed by atoms with Gasteiger partial charge in [-0.1, -0.05) is 19.8 Å². The topological polar surface area (TPSA) is 69.9 Å². The van der Waals surface area contributed by atoms with Crippen LogP contribution >= 0.6 is 0 Å². The van der Waals surface area contributed by atoms with Crippen LogP contribution in [0.2, 0.25) is 0 Å². The first-order valence-electron chi connectivity index (χ1n) is 5.42. The van der Waals surface area contributed by atoms with Gasteiger partial charge in [-0.2, -0.15) is 0 Å². The van der Waals surface area contributed by atoms with Crippen molar-refractivity contribution >= 4 is 0 Å². The Balaban J connectivity index is 3.00. The number of rotatable bonds is 5. The average molecular weight is 226 g/mol. The van der Waals surface area contributed by atoms with Crippen LogP contribution in [-0.2, 0) is 6.42 Å². The second-order valence-electron chi connectivity index (χ2n) is 3.73. The summed E-state index contributed by atoms with van der Waals surface area (Å²) < 4.78 is 4.91. The number of benzene rings is 1. The minimum Gasteiger partial charge on any atom is -0.504 e. The van der Waals surface area contributed by atoms with Gasteiger partial charge in [0.25, 0.3) is 0 Å². The lowest BCUT2D eigenvalue weighted by Crippen LogP contribution is -1.92.